The fourth-order valence-electron chi connectivity index (χ4n) is 2.85. The summed E-state index contributed by atoms with van der Waals surface area (Å²) < 4.78 is 35.5. The van der Waals surface area contributed by atoms with E-state index >= 15 is 0 Å². The van der Waals surface area contributed by atoms with Gasteiger partial charge >= 0.3 is 6.09 Å². The second-order valence-electron chi connectivity index (χ2n) is 5.85. The minimum absolute atomic E-state index is 0.0459. The van der Waals surface area contributed by atoms with Crippen LogP contribution in [0.15, 0.2) is 28.6 Å². The normalized spacial score (nSPS) is 26.2. The molecule has 2 aliphatic heterocycles. The van der Waals surface area contributed by atoms with Gasteiger partial charge in [-0.25, -0.2) is 17.8 Å². The highest BCUT2D eigenvalue weighted by atomic mass is 32.2. The first kappa shape index (κ1) is 17.4. The second kappa shape index (κ2) is 6.47. The predicted molar refractivity (Wildman–Crippen MR) is 92.0 cm³/mol. The van der Waals surface area contributed by atoms with E-state index in [1.165, 1.54) is 18.0 Å². The lowest BCUT2D eigenvalue weighted by atomic mass is 10.0. The maximum atomic E-state index is 14.5. The lowest BCUT2D eigenvalue weighted by Gasteiger charge is -2.19. The molecule has 0 aromatic heterocycles. The van der Waals surface area contributed by atoms with Crippen molar-refractivity contribution in [2.24, 2.45) is 10.1 Å². The van der Waals surface area contributed by atoms with Crippen LogP contribution in [0.2, 0.25) is 0 Å². The van der Waals surface area contributed by atoms with Crippen LogP contribution >= 0.6 is 0 Å². The third-order valence-electron chi connectivity index (χ3n) is 4.35. The summed E-state index contributed by atoms with van der Waals surface area (Å²) in [7, 11) is -0.679. The van der Waals surface area contributed by atoms with Gasteiger partial charge in [-0.15, -0.1) is 0 Å². The van der Waals surface area contributed by atoms with Crippen molar-refractivity contribution in [3.05, 3.63) is 35.7 Å². The van der Waals surface area contributed by atoms with Gasteiger partial charge in [0.2, 0.25) is 0 Å². The van der Waals surface area contributed by atoms with Crippen molar-refractivity contribution >= 4 is 33.0 Å². The molecule has 2 aliphatic rings. The first-order valence-electron chi connectivity index (χ1n) is 7.70. The highest BCUT2D eigenvalue weighted by Gasteiger charge is 2.36. The van der Waals surface area contributed by atoms with Crippen LogP contribution in [0.5, 0.6) is 0 Å². The SMILES string of the molecule is CN=S1(=O)CC=C(c2ccc(N3C[C@H](C(N)=O)OC3=O)cc2F)CC1. The predicted octanol–water partition coefficient (Wildman–Crippen LogP) is 1.52. The van der Waals surface area contributed by atoms with E-state index in [-0.39, 0.29) is 6.54 Å². The number of halogens is 1. The zero-order valence-corrected chi connectivity index (χ0v) is 14.4. The van der Waals surface area contributed by atoms with Crippen LogP contribution in [0.1, 0.15) is 12.0 Å². The smallest absolute Gasteiger partial charge is 0.415 e. The van der Waals surface area contributed by atoms with Gasteiger partial charge < -0.3 is 10.5 Å². The number of amides is 2. The van der Waals surface area contributed by atoms with Crippen molar-refractivity contribution in [3.63, 3.8) is 0 Å². The number of hydrogen-bond donors (Lipinski definition) is 1. The Hall–Kier alpha value is -2.42. The molecule has 1 aromatic rings. The first-order valence-corrected chi connectivity index (χ1v) is 9.55. The molecule has 3 rings (SSSR count). The minimum Gasteiger partial charge on any atom is -0.434 e. The summed E-state index contributed by atoms with van der Waals surface area (Å²) in [4.78, 5) is 24.1. The van der Waals surface area contributed by atoms with Gasteiger partial charge in [0.15, 0.2) is 6.10 Å². The van der Waals surface area contributed by atoms with Crippen molar-refractivity contribution in [3.8, 4) is 0 Å². The number of carbonyl (C=O) groups is 2. The maximum absolute atomic E-state index is 14.5. The minimum atomic E-state index is -2.21. The molecule has 1 fully saturated rings. The second-order valence-corrected chi connectivity index (χ2v) is 8.51. The van der Waals surface area contributed by atoms with Crippen LogP contribution in [0.4, 0.5) is 14.9 Å². The molecule has 2 N–H and O–H groups in total. The fraction of sp³-hybridized carbons (Fsp3) is 0.375. The Morgan fingerprint density at radius 3 is 2.76 bits per heavy atom. The van der Waals surface area contributed by atoms with Crippen molar-refractivity contribution in [2.45, 2.75) is 12.5 Å². The maximum Gasteiger partial charge on any atom is 0.415 e. The third-order valence-corrected chi connectivity index (χ3v) is 6.55. The molecule has 0 radical (unpaired) electrons. The number of cyclic esters (lactones) is 1. The van der Waals surface area contributed by atoms with Crippen LogP contribution in [0, 0.1) is 5.82 Å². The summed E-state index contributed by atoms with van der Waals surface area (Å²) in [5.41, 5.74) is 6.59. The number of carbonyl (C=O) groups excluding carboxylic acids is 2. The molecule has 134 valence electrons. The number of primary amides is 1. The van der Waals surface area contributed by atoms with E-state index in [2.05, 4.69) is 4.36 Å². The molecule has 0 aliphatic carbocycles. The molecule has 25 heavy (non-hydrogen) atoms. The lowest BCUT2D eigenvalue weighted by molar-refractivity contribution is -0.124. The number of ether oxygens (including phenoxy) is 1. The van der Waals surface area contributed by atoms with Crippen LogP contribution in [0.3, 0.4) is 0 Å². The zero-order chi connectivity index (χ0) is 18.2. The Morgan fingerprint density at radius 2 is 2.24 bits per heavy atom. The monoisotopic (exact) mass is 367 g/mol. The molecule has 0 bridgehead atoms. The van der Waals surface area contributed by atoms with Crippen LogP contribution in [-0.4, -0.2) is 47.4 Å². The molecule has 2 heterocycles. The Balaban J connectivity index is 1.84. The molecule has 2 amide bonds. The molecule has 0 spiro atoms. The zero-order valence-electron chi connectivity index (χ0n) is 13.6. The quantitative estimate of drug-likeness (QED) is 0.875. The van der Waals surface area contributed by atoms with E-state index < -0.39 is 33.7 Å². The van der Waals surface area contributed by atoms with Crippen molar-refractivity contribution in [1.82, 2.24) is 0 Å². The largest absolute Gasteiger partial charge is 0.434 e. The van der Waals surface area contributed by atoms with Crippen LogP contribution < -0.4 is 10.6 Å². The van der Waals surface area contributed by atoms with Gasteiger partial charge in [0.1, 0.15) is 5.82 Å². The van der Waals surface area contributed by atoms with E-state index in [0.29, 0.717) is 29.2 Å². The van der Waals surface area contributed by atoms with Crippen molar-refractivity contribution in [2.75, 3.05) is 30.0 Å². The Kier molecular flexibility index (Phi) is 4.51. The summed E-state index contributed by atoms with van der Waals surface area (Å²) in [5, 5.41) is 0. The highest BCUT2D eigenvalue weighted by Crippen LogP contribution is 2.30. The molecular weight excluding hydrogens is 349 g/mol. The summed E-state index contributed by atoms with van der Waals surface area (Å²) in [6.07, 6.45) is 0.450. The van der Waals surface area contributed by atoms with Crippen molar-refractivity contribution in [1.29, 1.82) is 0 Å². The summed E-state index contributed by atoms with van der Waals surface area (Å²) in [5.74, 6) is -0.542. The molecule has 2 atom stereocenters. The number of hydrogen-bond acceptors (Lipinski definition) is 5. The number of allylic oxidation sites excluding steroid dienone is 1. The first-order chi connectivity index (χ1) is 11.8. The Labute approximate surface area is 144 Å². The van der Waals surface area contributed by atoms with Crippen LogP contribution in [-0.2, 0) is 19.3 Å². The Morgan fingerprint density at radius 1 is 1.48 bits per heavy atom. The number of nitrogens with two attached hydrogens (primary N) is 1. The topological polar surface area (TPSA) is 102 Å². The molecule has 0 saturated carbocycles. The van der Waals surface area contributed by atoms with E-state index in [1.807, 2.05) is 0 Å². The summed E-state index contributed by atoms with van der Waals surface area (Å²) >= 11 is 0. The van der Waals surface area contributed by atoms with Crippen LogP contribution in [0.25, 0.3) is 5.57 Å². The van der Waals surface area contributed by atoms with E-state index in [4.69, 9.17) is 10.5 Å². The standard InChI is InChI=1S/C16H18FN3O4S/c1-19-25(23)6-4-10(5-7-25)12-3-2-11(8-13(12)17)20-9-14(15(18)21)24-16(20)22/h2-4,8,14H,5-7,9H2,1H3,(H2,18,21)/t14-,25?/m1/s1. The van der Waals surface area contributed by atoms with Gasteiger partial charge in [-0.05, 0) is 30.2 Å². The van der Waals surface area contributed by atoms with E-state index in [0.717, 1.165) is 5.57 Å². The average Bonchev–Trinajstić information content (AvgIpc) is 2.98. The number of rotatable bonds is 3. The molecule has 1 aromatic carbocycles. The summed E-state index contributed by atoms with van der Waals surface area (Å²) in [6.45, 7) is -0.0459. The van der Waals surface area contributed by atoms with Gasteiger partial charge in [0.25, 0.3) is 5.91 Å². The molecular formula is C16H18FN3O4S. The van der Waals surface area contributed by atoms with Gasteiger partial charge in [-0.2, -0.15) is 0 Å². The van der Waals surface area contributed by atoms with Crippen molar-refractivity contribution < 1.29 is 22.9 Å². The van der Waals surface area contributed by atoms with E-state index in [1.54, 1.807) is 18.2 Å². The van der Waals surface area contributed by atoms with Gasteiger partial charge in [-0.3, -0.25) is 9.69 Å². The fourth-order valence-corrected chi connectivity index (χ4v) is 4.35. The third kappa shape index (κ3) is 3.37. The summed E-state index contributed by atoms with van der Waals surface area (Å²) in [6, 6.07) is 4.37. The van der Waals surface area contributed by atoms with Gasteiger partial charge in [-0.1, -0.05) is 6.08 Å². The van der Waals surface area contributed by atoms with Gasteiger partial charge in [0.05, 0.1) is 27.7 Å². The Bertz CT molecular complexity index is 889. The molecule has 9 heteroatoms. The molecule has 1 unspecified atom stereocenters. The molecule has 1 saturated heterocycles. The van der Waals surface area contributed by atoms with E-state index in [9.17, 15) is 18.2 Å². The average molecular weight is 367 g/mol. The molecule has 7 nitrogen and oxygen atoms in total. The number of benzene rings is 1. The highest BCUT2D eigenvalue weighted by molar-refractivity contribution is 7.93. The number of anilines is 1. The number of nitrogens with zero attached hydrogens (tertiary/aromatic N) is 2. The van der Waals surface area contributed by atoms with Gasteiger partial charge in [0, 0.05) is 18.4 Å². The lowest BCUT2D eigenvalue weighted by Crippen LogP contribution is -2.32.